The van der Waals surface area contributed by atoms with Crippen molar-refractivity contribution in [1.29, 1.82) is 5.26 Å². The summed E-state index contributed by atoms with van der Waals surface area (Å²) in [4.78, 5) is 0. The van der Waals surface area contributed by atoms with Crippen LogP contribution in [0.25, 0.3) is 0 Å². The summed E-state index contributed by atoms with van der Waals surface area (Å²) in [5.74, 6) is 0. The summed E-state index contributed by atoms with van der Waals surface area (Å²) < 4.78 is 0.251. The summed E-state index contributed by atoms with van der Waals surface area (Å²) in [6.45, 7) is 3.70. The van der Waals surface area contributed by atoms with Gasteiger partial charge in [0.1, 0.15) is 0 Å². The molecule has 0 radical (unpaired) electrons. The fourth-order valence-electron chi connectivity index (χ4n) is 1.12. The van der Waals surface area contributed by atoms with Gasteiger partial charge in [0.15, 0.2) is 0 Å². The SMILES string of the molecule is [Li][CH](C=C)c1ccccc1C#N. The van der Waals surface area contributed by atoms with E-state index in [2.05, 4.69) is 12.6 Å². The van der Waals surface area contributed by atoms with E-state index in [4.69, 9.17) is 5.26 Å². The standard InChI is InChI=1S/C10H8N.Li/c1-2-5-9-6-3-4-7-10(9)8-11;/h2-7H,1H2;. The Balaban J connectivity index is 3.15. The molecule has 0 aliphatic heterocycles. The summed E-state index contributed by atoms with van der Waals surface area (Å²) in [5, 5.41) is 8.78. The minimum absolute atomic E-state index is 0.251. The molecule has 0 spiro atoms. The Labute approximate surface area is 81.9 Å². The van der Waals surface area contributed by atoms with E-state index in [0.29, 0.717) is 0 Å². The molecule has 1 aromatic rings. The molecule has 1 nitrogen and oxygen atoms in total. The zero-order valence-electron chi connectivity index (χ0n) is 7.12. The Morgan fingerprint density at radius 3 is 2.75 bits per heavy atom. The molecule has 12 heavy (non-hydrogen) atoms. The van der Waals surface area contributed by atoms with Crippen LogP contribution >= 0.6 is 0 Å². The van der Waals surface area contributed by atoms with Crippen molar-refractivity contribution >= 4 is 17.7 Å². The zero-order chi connectivity index (χ0) is 8.97. The van der Waals surface area contributed by atoms with Crippen molar-refractivity contribution < 1.29 is 0 Å². The summed E-state index contributed by atoms with van der Waals surface area (Å²) in [5.41, 5.74) is 1.79. The van der Waals surface area contributed by atoms with Gasteiger partial charge in [-0.25, -0.2) is 0 Å². The van der Waals surface area contributed by atoms with Crippen LogP contribution in [0.5, 0.6) is 0 Å². The molecular weight excluding hydrogens is 141 g/mol. The van der Waals surface area contributed by atoms with Crippen LogP contribution in [0.15, 0.2) is 36.9 Å². The van der Waals surface area contributed by atoms with Crippen LogP contribution in [-0.4, -0.2) is 17.7 Å². The average Bonchev–Trinajstić information content (AvgIpc) is 2.16. The minimum atomic E-state index is 0.251. The number of nitriles is 1. The van der Waals surface area contributed by atoms with E-state index in [1.54, 1.807) is 0 Å². The van der Waals surface area contributed by atoms with Crippen molar-refractivity contribution in [2.75, 3.05) is 0 Å². The number of hydrogen-bond donors (Lipinski definition) is 0. The van der Waals surface area contributed by atoms with Gasteiger partial charge in [0.05, 0.1) is 0 Å². The summed E-state index contributed by atoms with van der Waals surface area (Å²) in [6, 6.07) is 9.77. The monoisotopic (exact) mass is 149 g/mol. The Hall–Kier alpha value is -0.953. The van der Waals surface area contributed by atoms with Crippen LogP contribution in [0.4, 0.5) is 0 Å². The molecule has 0 heterocycles. The molecule has 1 aromatic carbocycles. The third-order valence-corrected chi connectivity index (χ3v) is 1.93. The molecule has 1 unspecified atom stereocenters. The summed E-state index contributed by atoms with van der Waals surface area (Å²) in [7, 11) is 0. The maximum atomic E-state index is 8.78. The van der Waals surface area contributed by atoms with E-state index < -0.39 is 0 Å². The number of hydrogen-bond acceptors (Lipinski definition) is 1. The topological polar surface area (TPSA) is 23.8 Å². The van der Waals surface area contributed by atoms with Crippen molar-refractivity contribution in [2.45, 2.75) is 4.59 Å². The molecule has 0 bridgehead atoms. The van der Waals surface area contributed by atoms with Crippen LogP contribution < -0.4 is 0 Å². The Morgan fingerprint density at radius 1 is 1.50 bits per heavy atom. The van der Waals surface area contributed by atoms with E-state index in [1.807, 2.05) is 48.1 Å². The molecule has 1 atom stereocenters. The van der Waals surface area contributed by atoms with Crippen molar-refractivity contribution in [1.82, 2.24) is 0 Å². The van der Waals surface area contributed by atoms with Crippen LogP contribution in [0, 0.1) is 11.3 Å². The predicted molar refractivity (Wildman–Crippen MR) is 49.8 cm³/mol. The summed E-state index contributed by atoms with van der Waals surface area (Å²) in [6.07, 6.45) is 1.84. The van der Waals surface area contributed by atoms with Crippen LogP contribution in [0.3, 0.4) is 0 Å². The molecule has 54 valence electrons. The number of benzene rings is 1. The third kappa shape index (κ3) is 1.80. The number of allylic oxidation sites excluding steroid dienone is 1. The van der Waals surface area contributed by atoms with Gasteiger partial charge < -0.3 is 0 Å². The van der Waals surface area contributed by atoms with Crippen molar-refractivity contribution in [3.05, 3.63) is 48.0 Å². The van der Waals surface area contributed by atoms with Crippen LogP contribution in [0.2, 0.25) is 0 Å². The van der Waals surface area contributed by atoms with E-state index in [0.717, 1.165) is 11.1 Å². The Morgan fingerprint density at radius 2 is 2.17 bits per heavy atom. The van der Waals surface area contributed by atoms with Gasteiger partial charge in [0.2, 0.25) is 0 Å². The molecular formula is C10H8LiN. The van der Waals surface area contributed by atoms with Gasteiger partial charge in [-0.3, -0.25) is 0 Å². The molecule has 0 saturated heterocycles. The first kappa shape index (κ1) is 9.14. The second-order valence-corrected chi connectivity index (χ2v) is 2.72. The molecule has 1 rings (SSSR count). The number of nitrogens with zero attached hydrogens (tertiary/aromatic N) is 1. The fraction of sp³-hybridized carbons (Fsp3) is 0.100. The predicted octanol–water partition coefficient (Wildman–Crippen LogP) is 1.95. The van der Waals surface area contributed by atoms with Crippen LogP contribution in [0.1, 0.15) is 15.7 Å². The first-order valence-corrected chi connectivity index (χ1v) is 3.91. The quantitative estimate of drug-likeness (QED) is 0.465. The fourth-order valence-corrected chi connectivity index (χ4v) is 1.12. The van der Waals surface area contributed by atoms with Gasteiger partial charge in [-0.15, -0.1) is 0 Å². The van der Waals surface area contributed by atoms with E-state index >= 15 is 0 Å². The molecule has 0 N–H and O–H groups in total. The van der Waals surface area contributed by atoms with Gasteiger partial charge in [-0.1, -0.05) is 0 Å². The molecule has 2 heteroatoms. The third-order valence-electron chi connectivity index (χ3n) is 1.93. The average molecular weight is 149 g/mol. The molecule has 0 aromatic heterocycles. The second-order valence-electron chi connectivity index (χ2n) is 2.72. The molecule has 0 aliphatic carbocycles. The van der Waals surface area contributed by atoms with Crippen LogP contribution in [-0.2, 0) is 0 Å². The van der Waals surface area contributed by atoms with Crippen molar-refractivity contribution in [3.8, 4) is 6.07 Å². The molecule has 0 saturated carbocycles. The van der Waals surface area contributed by atoms with Gasteiger partial charge in [-0.05, 0) is 0 Å². The maximum absolute atomic E-state index is 8.78. The summed E-state index contributed by atoms with van der Waals surface area (Å²) >= 11 is 2.03. The van der Waals surface area contributed by atoms with Gasteiger partial charge in [0, 0.05) is 0 Å². The van der Waals surface area contributed by atoms with E-state index in [1.165, 1.54) is 0 Å². The molecule has 0 fully saturated rings. The van der Waals surface area contributed by atoms with Gasteiger partial charge >= 0.3 is 81.7 Å². The van der Waals surface area contributed by atoms with E-state index in [-0.39, 0.29) is 4.59 Å². The van der Waals surface area contributed by atoms with E-state index in [9.17, 15) is 0 Å². The van der Waals surface area contributed by atoms with Gasteiger partial charge in [0.25, 0.3) is 0 Å². The molecule has 0 aliphatic rings. The van der Waals surface area contributed by atoms with Gasteiger partial charge in [-0.2, -0.15) is 0 Å². The zero-order valence-corrected chi connectivity index (χ0v) is 7.12. The second kappa shape index (κ2) is 4.17. The molecule has 0 amide bonds. The first-order chi connectivity index (χ1) is 5.79. The number of rotatable bonds is 2. The van der Waals surface area contributed by atoms with Crippen molar-refractivity contribution in [2.24, 2.45) is 0 Å². The Kier molecular flexibility index (Phi) is 3.17. The first-order valence-electron chi connectivity index (χ1n) is 3.91. The normalized spacial score (nSPS) is 11.8. The van der Waals surface area contributed by atoms with Crippen molar-refractivity contribution in [3.63, 3.8) is 0 Å². The Bertz CT molecular complexity index is 325.